The van der Waals surface area contributed by atoms with Crippen molar-refractivity contribution in [3.63, 3.8) is 0 Å². The number of halogens is 3. The van der Waals surface area contributed by atoms with Crippen molar-refractivity contribution >= 4 is 5.97 Å². The Balaban J connectivity index is 2.66. The smallest absolute Gasteiger partial charge is 0.404 e. The summed E-state index contributed by atoms with van der Waals surface area (Å²) in [4.78, 5) is 11.9. The molecule has 0 aliphatic heterocycles. The van der Waals surface area contributed by atoms with E-state index in [0.717, 1.165) is 5.56 Å². The quantitative estimate of drug-likeness (QED) is 0.785. The van der Waals surface area contributed by atoms with Crippen LogP contribution >= 0.6 is 0 Å². The Hall–Kier alpha value is -1.56. The maximum Gasteiger partial charge on any atom is 0.404 e. The van der Waals surface area contributed by atoms with E-state index in [-0.39, 0.29) is 13.0 Å². The van der Waals surface area contributed by atoms with E-state index < -0.39 is 24.1 Å². The van der Waals surface area contributed by atoms with Gasteiger partial charge in [-0.25, -0.2) is 0 Å². The Morgan fingerprint density at radius 2 is 1.90 bits per heavy atom. The first-order valence-electron chi connectivity index (χ1n) is 6.89. The number of nitrogens with two attached hydrogens (primary N) is 1. The molecule has 21 heavy (non-hydrogen) atoms. The van der Waals surface area contributed by atoms with Crippen LogP contribution in [-0.4, -0.2) is 18.2 Å². The van der Waals surface area contributed by atoms with Crippen LogP contribution in [0.25, 0.3) is 0 Å². The molecule has 1 aromatic rings. The highest BCUT2D eigenvalue weighted by atomic mass is 19.4. The third-order valence-electron chi connectivity index (χ3n) is 3.21. The third kappa shape index (κ3) is 5.75. The molecule has 0 aromatic heterocycles. The number of carbonyl (C=O) groups is 1. The Morgan fingerprint density at radius 1 is 1.29 bits per heavy atom. The van der Waals surface area contributed by atoms with Crippen LogP contribution in [0.1, 0.15) is 31.7 Å². The molecule has 0 saturated carbocycles. The van der Waals surface area contributed by atoms with Crippen LogP contribution in [0.3, 0.4) is 0 Å². The highest BCUT2D eigenvalue weighted by Gasteiger charge is 2.45. The fourth-order valence-corrected chi connectivity index (χ4v) is 1.93. The van der Waals surface area contributed by atoms with Gasteiger partial charge in [-0.05, 0) is 12.0 Å². The van der Waals surface area contributed by atoms with Crippen LogP contribution in [0.4, 0.5) is 13.2 Å². The Kier molecular flexibility index (Phi) is 6.68. The molecule has 0 amide bonds. The van der Waals surface area contributed by atoms with Gasteiger partial charge in [-0.1, -0.05) is 50.1 Å². The molecule has 118 valence electrons. The first-order valence-corrected chi connectivity index (χ1v) is 6.89. The Labute approximate surface area is 122 Å². The molecule has 3 nitrogen and oxygen atoms in total. The number of alkyl halides is 3. The molecule has 0 bridgehead atoms. The van der Waals surface area contributed by atoms with Gasteiger partial charge in [0.2, 0.25) is 0 Å². The van der Waals surface area contributed by atoms with Gasteiger partial charge in [0.25, 0.3) is 0 Å². The summed E-state index contributed by atoms with van der Waals surface area (Å²) in [6.07, 6.45) is -3.35. The molecule has 6 heteroatoms. The number of carbonyl (C=O) groups excluding carboxylic acids is 1. The van der Waals surface area contributed by atoms with Crippen LogP contribution in [0, 0.1) is 5.92 Å². The van der Waals surface area contributed by atoms with Crippen molar-refractivity contribution in [3.05, 3.63) is 35.9 Å². The lowest BCUT2D eigenvalue weighted by Gasteiger charge is -2.24. The lowest BCUT2D eigenvalue weighted by atomic mass is 9.94. The van der Waals surface area contributed by atoms with Crippen molar-refractivity contribution in [1.29, 1.82) is 0 Å². The summed E-state index contributed by atoms with van der Waals surface area (Å²) in [6, 6.07) is 6.61. The molecular weight excluding hydrogens is 283 g/mol. The largest absolute Gasteiger partial charge is 0.461 e. The normalized spacial score (nSPS) is 14.5. The molecule has 0 saturated heterocycles. The molecule has 2 N–H and O–H groups in total. The predicted molar refractivity (Wildman–Crippen MR) is 73.3 cm³/mol. The van der Waals surface area contributed by atoms with E-state index in [1.807, 2.05) is 6.92 Å². The van der Waals surface area contributed by atoms with Crippen molar-refractivity contribution in [1.82, 2.24) is 0 Å². The van der Waals surface area contributed by atoms with Gasteiger partial charge in [-0.3, -0.25) is 4.79 Å². The van der Waals surface area contributed by atoms with Crippen LogP contribution in [0.15, 0.2) is 30.3 Å². The summed E-state index contributed by atoms with van der Waals surface area (Å²) in [5.41, 5.74) is 5.90. The minimum absolute atomic E-state index is 0.0487. The maximum atomic E-state index is 12.7. The molecule has 0 aliphatic carbocycles. The summed E-state index contributed by atoms with van der Waals surface area (Å²) in [6.45, 7) is 1.79. The fraction of sp³-hybridized carbons (Fsp3) is 0.533. The minimum Gasteiger partial charge on any atom is -0.461 e. The Morgan fingerprint density at radius 3 is 2.43 bits per heavy atom. The molecule has 1 rings (SSSR count). The van der Waals surface area contributed by atoms with E-state index in [1.165, 1.54) is 0 Å². The molecule has 0 spiro atoms. The van der Waals surface area contributed by atoms with Crippen molar-refractivity contribution < 1.29 is 22.7 Å². The monoisotopic (exact) mass is 303 g/mol. The number of esters is 1. The number of hydrogen-bond donors (Lipinski definition) is 1. The zero-order valence-electron chi connectivity index (χ0n) is 11.9. The SMILES string of the molecule is CCCC[C@@H](C(=O)OCc1ccccc1)[C@@H](N)C(F)(F)F. The highest BCUT2D eigenvalue weighted by Crippen LogP contribution is 2.28. The fourth-order valence-electron chi connectivity index (χ4n) is 1.93. The van der Waals surface area contributed by atoms with Gasteiger partial charge in [-0.2, -0.15) is 13.2 Å². The van der Waals surface area contributed by atoms with Crippen molar-refractivity contribution in [2.45, 2.75) is 45.0 Å². The molecule has 0 fully saturated rings. The number of ether oxygens (including phenoxy) is 1. The van der Waals surface area contributed by atoms with Crippen molar-refractivity contribution in [2.24, 2.45) is 11.7 Å². The lowest BCUT2D eigenvalue weighted by Crippen LogP contribution is -2.47. The maximum absolute atomic E-state index is 12.7. The van der Waals surface area contributed by atoms with Crippen LogP contribution in [-0.2, 0) is 16.1 Å². The predicted octanol–water partition coefficient (Wildman–Crippen LogP) is 3.43. The number of rotatable bonds is 7. The van der Waals surface area contributed by atoms with Crippen LogP contribution < -0.4 is 5.73 Å². The molecule has 0 heterocycles. The molecule has 1 aromatic carbocycles. The first-order chi connectivity index (χ1) is 9.86. The first kappa shape index (κ1) is 17.5. The van der Waals surface area contributed by atoms with E-state index >= 15 is 0 Å². The summed E-state index contributed by atoms with van der Waals surface area (Å²) in [5, 5.41) is 0. The van der Waals surface area contributed by atoms with E-state index in [1.54, 1.807) is 30.3 Å². The van der Waals surface area contributed by atoms with Gasteiger partial charge in [-0.15, -0.1) is 0 Å². The van der Waals surface area contributed by atoms with Gasteiger partial charge < -0.3 is 10.5 Å². The average Bonchev–Trinajstić information content (AvgIpc) is 2.45. The number of benzene rings is 1. The van der Waals surface area contributed by atoms with Crippen LogP contribution in [0.5, 0.6) is 0 Å². The second kappa shape index (κ2) is 8.02. The zero-order valence-corrected chi connectivity index (χ0v) is 11.9. The van der Waals surface area contributed by atoms with E-state index in [0.29, 0.717) is 12.8 Å². The number of hydrogen-bond acceptors (Lipinski definition) is 3. The highest BCUT2D eigenvalue weighted by molar-refractivity contribution is 5.73. The topological polar surface area (TPSA) is 52.3 Å². The van der Waals surface area contributed by atoms with Crippen LogP contribution in [0.2, 0.25) is 0 Å². The molecule has 2 atom stereocenters. The van der Waals surface area contributed by atoms with Gasteiger partial charge in [0.1, 0.15) is 12.6 Å². The summed E-state index contributed by atoms with van der Waals surface area (Å²) in [7, 11) is 0. The van der Waals surface area contributed by atoms with Gasteiger partial charge in [0, 0.05) is 0 Å². The van der Waals surface area contributed by atoms with Gasteiger partial charge >= 0.3 is 12.1 Å². The second-order valence-corrected chi connectivity index (χ2v) is 4.91. The van der Waals surface area contributed by atoms with Gasteiger partial charge in [0.05, 0.1) is 5.92 Å². The standard InChI is InChI=1S/C15H20F3NO2/c1-2-3-9-12(13(19)15(16,17)18)14(20)21-10-11-7-5-4-6-8-11/h4-8,12-13H,2-3,9-10,19H2,1H3/t12-,13-/m1/s1. The summed E-state index contributed by atoms with van der Waals surface area (Å²) >= 11 is 0. The minimum atomic E-state index is -4.61. The third-order valence-corrected chi connectivity index (χ3v) is 3.21. The Bertz CT molecular complexity index is 434. The number of unbranched alkanes of at least 4 members (excludes halogenated alkanes) is 1. The van der Waals surface area contributed by atoms with E-state index in [9.17, 15) is 18.0 Å². The van der Waals surface area contributed by atoms with Crippen molar-refractivity contribution in [3.8, 4) is 0 Å². The van der Waals surface area contributed by atoms with E-state index in [4.69, 9.17) is 10.5 Å². The molecule has 0 radical (unpaired) electrons. The average molecular weight is 303 g/mol. The summed E-state index contributed by atoms with van der Waals surface area (Å²) < 4.78 is 43.1. The van der Waals surface area contributed by atoms with E-state index in [2.05, 4.69) is 0 Å². The van der Waals surface area contributed by atoms with Gasteiger partial charge in [0.15, 0.2) is 0 Å². The second-order valence-electron chi connectivity index (χ2n) is 4.91. The lowest BCUT2D eigenvalue weighted by molar-refractivity contribution is -0.177. The van der Waals surface area contributed by atoms with Crippen molar-refractivity contribution in [2.75, 3.05) is 0 Å². The molecule has 0 unspecified atom stereocenters. The zero-order chi connectivity index (χ0) is 15.9. The molecular formula is C15H20F3NO2. The molecule has 0 aliphatic rings. The summed E-state index contributed by atoms with van der Waals surface area (Å²) in [5.74, 6) is -2.24.